The molecule has 0 aliphatic heterocycles. The fourth-order valence-electron chi connectivity index (χ4n) is 2.99. The van der Waals surface area contributed by atoms with Crippen molar-refractivity contribution in [3.63, 3.8) is 0 Å². The number of methoxy groups -OCH3 is 1. The van der Waals surface area contributed by atoms with Gasteiger partial charge < -0.3 is 24.8 Å². The van der Waals surface area contributed by atoms with Crippen LogP contribution in [0.1, 0.15) is 32.8 Å². The Balaban J connectivity index is 1.72. The van der Waals surface area contributed by atoms with Gasteiger partial charge in [-0.05, 0) is 57.9 Å². The van der Waals surface area contributed by atoms with E-state index in [1.165, 1.54) is 6.33 Å². The van der Waals surface area contributed by atoms with E-state index < -0.39 is 11.7 Å². The quantitative estimate of drug-likeness (QED) is 0.418. The van der Waals surface area contributed by atoms with Crippen LogP contribution in [-0.2, 0) is 4.74 Å². The molecule has 3 rings (SSSR count). The van der Waals surface area contributed by atoms with E-state index in [2.05, 4.69) is 27.5 Å². The molecule has 0 unspecified atom stereocenters. The number of aromatic nitrogens is 2. The summed E-state index contributed by atoms with van der Waals surface area (Å²) in [4.78, 5) is 20.5. The number of amides is 1. The smallest absolute Gasteiger partial charge is 0.407 e. The fraction of sp³-hybridized carbons (Fsp3) is 0.333. The van der Waals surface area contributed by atoms with Gasteiger partial charge in [0.25, 0.3) is 0 Å². The highest BCUT2D eigenvalue weighted by molar-refractivity contribution is 6.30. The van der Waals surface area contributed by atoms with Gasteiger partial charge in [-0.3, -0.25) is 0 Å². The van der Waals surface area contributed by atoms with Crippen molar-refractivity contribution < 1.29 is 19.0 Å². The molecule has 0 atom stereocenters. The third-order valence-electron chi connectivity index (χ3n) is 4.49. The summed E-state index contributed by atoms with van der Waals surface area (Å²) in [5.41, 5.74) is 1.69. The van der Waals surface area contributed by atoms with Crippen molar-refractivity contribution in [1.29, 1.82) is 0 Å². The van der Waals surface area contributed by atoms with Gasteiger partial charge in [0.05, 0.1) is 19.2 Å². The average Bonchev–Trinajstić information content (AvgIpc) is 2.74. The SMILES string of the molecule is [CH2]c1ccc(Cl)cc1Nc1ncnc2cc(OC)c(OCCCNC(=O)OC(C)(C)C)cc12. The van der Waals surface area contributed by atoms with Gasteiger partial charge >= 0.3 is 6.09 Å². The number of nitrogens with zero attached hydrogens (tertiary/aromatic N) is 2. The van der Waals surface area contributed by atoms with Gasteiger partial charge in [0.15, 0.2) is 11.5 Å². The molecule has 2 N–H and O–H groups in total. The number of benzene rings is 2. The molecule has 1 aromatic heterocycles. The van der Waals surface area contributed by atoms with Crippen molar-refractivity contribution in [1.82, 2.24) is 15.3 Å². The van der Waals surface area contributed by atoms with E-state index >= 15 is 0 Å². The molecule has 1 radical (unpaired) electrons. The molecular formula is C24H28ClN4O4. The Kier molecular flexibility index (Phi) is 7.81. The molecule has 1 heterocycles. The molecule has 3 aromatic rings. The number of alkyl carbamates (subject to hydrolysis) is 1. The number of ether oxygens (including phenoxy) is 3. The van der Waals surface area contributed by atoms with E-state index in [0.29, 0.717) is 47.4 Å². The zero-order valence-corrected chi connectivity index (χ0v) is 20.0. The Hall–Kier alpha value is -3.26. The van der Waals surface area contributed by atoms with E-state index in [1.54, 1.807) is 25.3 Å². The van der Waals surface area contributed by atoms with Gasteiger partial charge in [-0.1, -0.05) is 17.7 Å². The van der Waals surface area contributed by atoms with Crippen LogP contribution in [0.2, 0.25) is 5.02 Å². The van der Waals surface area contributed by atoms with Gasteiger partial charge in [0.2, 0.25) is 0 Å². The number of hydrogen-bond donors (Lipinski definition) is 2. The van der Waals surface area contributed by atoms with Crippen LogP contribution in [0.3, 0.4) is 0 Å². The third kappa shape index (κ3) is 6.86. The second-order valence-corrected chi connectivity index (χ2v) is 8.74. The van der Waals surface area contributed by atoms with Crippen LogP contribution in [0, 0.1) is 6.92 Å². The van der Waals surface area contributed by atoms with Crippen molar-refractivity contribution >= 4 is 40.1 Å². The lowest BCUT2D eigenvalue weighted by Gasteiger charge is -2.19. The lowest BCUT2D eigenvalue weighted by molar-refractivity contribution is 0.0525. The molecule has 0 bridgehead atoms. The number of rotatable bonds is 8. The summed E-state index contributed by atoms with van der Waals surface area (Å²) in [5, 5.41) is 7.32. The van der Waals surface area contributed by atoms with Crippen molar-refractivity contribution in [3.8, 4) is 11.5 Å². The highest BCUT2D eigenvalue weighted by Crippen LogP contribution is 2.35. The van der Waals surface area contributed by atoms with E-state index in [-0.39, 0.29) is 0 Å². The molecule has 2 aromatic carbocycles. The summed E-state index contributed by atoms with van der Waals surface area (Å²) in [7, 11) is 1.57. The molecule has 1 amide bonds. The monoisotopic (exact) mass is 471 g/mol. The summed E-state index contributed by atoms with van der Waals surface area (Å²) in [5.74, 6) is 1.68. The average molecular weight is 472 g/mol. The zero-order valence-electron chi connectivity index (χ0n) is 19.2. The van der Waals surface area contributed by atoms with Crippen LogP contribution in [0.4, 0.5) is 16.3 Å². The highest BCUT2D eigenvalue weighted by Gasteiger charge is 2.16. The first-order valence-electron chi connectivity index (χ1n) is 10.5. The molecule has 0 spiro atoms. The highest BCUT2D eigenvalue weighted by atomic mass is 35.5. The Morgan fingerprint density at radius 3 is 2.67 bits per heavy atom. The third-order valence-corrected chi connectivity index (χ3v) is 4.73. The second-order valence-electron chi connectivity index (χ2n) is 8.30. The maximum absolute atomic E-state index is 11.7. The van der Waals surface area contributed by atoms with Crippen molar-refractivity contribution in [2.24, 2.45) is 0 Å². The number of fused-ring (bicyclic) bond motifs is 1. The molecule has 175 valence electrons. The lowest BCUT2D eigenvalue weighted by atomic mass is 10.1. The predicted octanol–water partition coefficient (Wildman–Crippen LogP) is 5.51. The number of anilines is 2. The molecule has 0 fully saturated rings. The summed E-state index contributed by atoms with van der Waals surface area (Å²) in [6.07, 6.45) is 1.61. The molecule has 8 nitrogen and oxygen atoms in total. The van der Waals surface area contributed by atoms with Gasteiger partial charge in [-0.15, -0.1) is 0 Å². The number of halogens is 1. The minimum absolute atomic E-state index is 0.367. The molecule has 0 saturated heterocycles. The second kappa shape index (κ2) is 10.6. The van der Waals surface area contributed by atoms with Gasteiger partial charge in [-0.2, -0.15) is 0 Å². The Labute approximate surface area is 198 Å². The molecule has 0 saturated carbocycles. The van der Waals surface area contributed by atoms with Crippen LogP contribution < -0.4 is 20.1 Å². The standard InChI is InChI=1S/C24H28ClN4O4/c1-15-7-8-16(25)11-18(15)29-22-17-12-21(20(31-5)13-19(17)27-14-28-22)32-10-6-9-26-23(30)33-24(2,3)4/h7-8,11-14H,1,6,9-10H2,2-5H3,(H,26,30)(H,27,28,29). The maximum Gasteiger partial charge on any atom is 0.407 e. The largest absolute Gasteiger partial charge is 0.493 e. The van der Waals surface area contributed by atoms with E-state index in [4.69, 9.17) is 25.8 Å². The first-order chi connectivity index (χ1) is 15.7. The van der Waals surface area contributed by atoms with E-state index in [0.717, 1.165) is 16.6 Å². The van der Waals surface area contributed by atoms with Crippen LogP contribution in [0.5, 0.6) is 11.5 Å². The van der Waals surface area contributed by atoms with Crippen LogP contribution in [0.15, 0.2) is 36.7 Å². The predicted molar refractivity (Wildman–Crippen MR) is 130 cm³/mol. The first-order valence-corrected chi connectivity index (χ1v) is 10.8. The van der Waals surface area contributed by atoms with Gasteiger partial charge in [0.1, 0.15) is 17.7 Å². The van der Waals surface area contributed by atoms with Crippen LogP contribution in [-0.4, -0.2) is 41.9 Å². The van der Waals surface area contributed by atoms with E-state index in [9.17, 15) is 4.79 Å². The van der Waals surface area contributed by atoms with Crippen LogP contribution in [0.25, 0.3) is 10.9 Å². The van der Waals surface area contributed by atoms with Crippen molar-refractivity contribution in [2.45, 2.75) is 32.8 Å². The van der Waals surface area contributed by atoms with Crippen molar-refractivity contribution in [3.05, 3.63) is 54.2 Å². The summed E-state index contributed by atoms with van der Waals surface area (Å²) in [6.45, 7) is 10.3. The number of nitrogens with one attached hydrogen (secondary N) is 2. The number of carbonyl (C=O) groups excluding carboxylic acids is 1. The fourth-order valence-corrected chi connectivity index (χ4v) is 3.16. The Bertz CT molecular complexity index is 1130. The molecule has 33 heavy (non-hydrogen) atoms. The molecular weight excluding hydrogens is 444 g/mol. The summed E-state index contributed by atoms with van der Waals surface area (Å²) in [6, 6.07) is 9.01. The summed E-state index contributed by atoms with van der Waals surface area (Å²) >= 11 is 6.13. The number of carbonyl (C=O) groups is 1. The van der Waals surface area contributed by atoms with Crippen molar-refractivity contribution in [2.75, 3.05) is 25.6 Å². The minimum Gasteiger partial charge on any atom is -0.493 e. The molecule has 0 aliphatic rings. The first kappa shape index (κ1) is 24.4. The lowest BCUT2D eigenvalue weighted by Crippen LogP contribution is -2.33. The van der Waals surface area contributed by atoms with Crippen LogP contribution >= 0.6 is 11.6 Å². The van der Waals surface area contributed by atoms with Gasteiger partial charge in [-0.25, -0.2) is 14.8 Å². The normalized spacial score (nSPS) is 11.2. The minimum atomic E-state index is -0.535. The van der Waals surface area contributed by atoms with E-state index in [1.807, 2.05) is 32.9 Å². The summed E-state index contributed by atoms with van der Waals surface area (Å²) < 4.78 is 16.6. The topological polar surface area (TPSA) is 94.6 Å². The molecule has 9 heteroatoms. The Morgan fingerprint density at radius 2 is 1.94 bits per heavy atom. The van der Waals surface area contributed by atoms with Gasteiger partial charge in [0, 0.05) is 28.7 Å². The molecule has 0 aliphatic carbocycles. The zero-order chi connectivity index (χ0) is 24.0. The Morgan fingerprint density at radius 1 is 1.15 bits per heavy atom. The number of hydrogen-bond acceptors (Lipinski definition) is 7. The maximum atomic E-state index is 11.7.